The molecule has 0 radical (unpaired) electrons. The molecule has 0 bridgehead atoms. The average molecular weight is 769 g/mol. The van der Waals surface area contributed by atoms with Gasteiger partial charge in [-0.3, -0.25) is 0 Å². The number of carbonyl (C=O) groups excluding carboxylic acids is 1. The molecule has 20 heteroatoms. The number of sulfonamides is 2. The molecule has 52 heavy (non-hydrogen) atoms. The van der Waals surface area contributed by atoms with Crippen LogP contribution in [0.15, 0.2) is 64.4 Å². The number of primary sulfonamides is 1. The number of carbonyl (C=O) groups is 1. The van der Waals surface area contributed by atoms with E-state index in [1.54, 1.807) is 20.8 Å². The number of benzene rings is 2. The second-order valence-electron chi connectivity index (χ2n) is 13.0. The molecule has 0 spiro atoms. The number of aromatic nitrogens is 3. The molecule has 14 nitrogen and oxygen atoms in total. The summed E-state index contributed by atoms with van der Waals surface area (Å²) in [5.41, 5.74) is 0.206. The molecule has 1 amide bonds. The number of hydrogen-bond acceptors (Lipinski definition) is 11. The summed E-state index contributed by atoms with van der Waals surface area (Å²) in [4.78, 5) is 26.0. The number of piperidine rings is 1. The third kappa shape index (κ3) is 10.0. The number of nitrogens with two attached hydrogens (primary N) is 1. The maximum Gasteiger partial charge on any atom is 0.410 e. The van der Waals surface area contributed by atoms with Gasteiger partial charge < -0.3 is 20.3 Å². The number of nitrogens with zero attached hydrogens (tertiary/aromatic N) is 4. The first-order valence-corrected chi connectivity index (χ1v) is 18.8. The van der Waals surface area contributed by atoms with Crippen LogP contribution in [-0.4, -0.2) is 80.2 Å². The van der Waals surface area contributed by atoms with E-state index in [1.807, 2.05) is 0 Å². The zero-order chi connectivity index (χ0) is 38.1. The van der Waals surface area contributed by atoms with Crippen LogP contribution in [-0.2, 0) is 31.3 Å². The van der Waals surface area contributed by atoms with Gasteiger partial charge in [0, 0.05) is 31.2 Å². The van der Waals surface area contributed by atoms with Crippen molar-refractivity contribution < 1.29 is 43.9 Å². The van der Waals surface area contributed by atoms with Crippen molar-refractivity contribution in [3.8, 4) is 11.3 Å². The summed E-state index contributed by atoms with van der Waals surface area (Å²) >= 11 is 0. The Kier molecular flexibility index (Phi) is 10.9. The standard InChI is InChI=1S/C32H36F4N8O6S2/c1-31(2,3)50-30(45)44-14-12-21(13-15-44)43-52(48,49)26-16-20(6-9-23(26)33)24-10-11-25-27(40-24)28(39-18-32(34,35)36)42-29(41-25)38-17-19-4-7-22(8-5-19)51(37,46)47/h4-11,16,21,43H,12-15,17-18H2,1-3H3,(H2,37,46,47)(H2,38,39,41,42). The van der Waals surface area contributed by atoms with E-state index in [0.717, 1.165) is 12.1 Å². The highest BCUT2D eigenvalue weighted by molar-refractivity contribution is 7.89. The van der Waals surface area contributed by atoms with E-state index in [9.17, 15) is 34.8 Å². The number of anilines is 2. The van der Waals surface area contributed by atoms with Gasteiger partial charge in [0.25, 0.3) is 0 Å². The monoisotopic (exact) mass is 768 g/mol. The van der Waals surface area contributed by atoms with Gasteiger partial charge in [-0.05, 0) is 81.6 Å². The Morgan fingerprint density at radius 3 is 2.23 bits per heavy atom. The number of nitrogens with one attached hydrogen (secondary N) is 3. The Balaban J connectivity index is 1.37. The second-order valence-corrected chi connectivity index (χ2v) is 16.2. The molecule has 1 fully saturated rings. The lowest BCUT2D eigenvalue weighted by Crippen LogP contribution is -2.47. The van der Waals surface area contributed by atoms with Crippen molar-refractivity contribution in [3.05, 3.63) is 66.0 Å². The molecule has 5 rings (SSSR count). The first kappa shape index (κ1) is 38.6. The molecule has 0 saturated carbocycles. The molecule has 1 aliphatic heterocycles. The van der Waals surface area contributed by atoms with Crippen LogP contribution in [0.25, 0.3) is 22.3 Å². The van der Waals surface area contributed by atoms with Crippen LogP contribution < -0.4 is 20.5 Å². The van der Waals surface area contributed by atoms with Crippen molar-refractivity contribution in [2.75, 3.05) is 30.3 Å². The van der Waals surface area contributed by atoms with Crippen LogP contribution in [0.2, 0.25) is 0 Å². The van der Waals surface area contributed by atoms with Crippen molar-refractivity contribution in [1.29, 1.82) is 0 Å². The van der Waals surface area contributed by atoms with Gasteiger partial charge >= 0.3 is 12.3 Å². The van der Waals surface area contributed by atoms with Gasteiger partial charge in [-0.25, -0.2) is 45.8 Å². The highest BCUT2D eigenvalue weighted by Gasteiger charge is 2.31. The van der Waals surface area contributed by atoms with Gasteiger partial charge in [-0.2, -0.15) is 18.2 Å². The zero-order valence-corrected chi connectivity index (χ0v) is 29.8. The Morgan fingerprint density at radius 1 is 0.942 bits per heavy atom. The summed E-state index contributed by atoms with van der Waals surface area (Å²) in [7, 11) is -8.31. The van der Waals surface area contributed by atoms with Gasteiger partial charge in [0.2, 0.25) is 26.0 Å². The van der Waals surface area contributed by atoms with Crippen LogP contribution in [0.3, 0.4) is 0 Å². The molecular weight excluding hydrogens is 733 g/mol. The fourth-order valence-electron chi connectivity index (χ4n) is 5.20. The highest BCUT2D eigenvalue weighted by Crippen LogP contribution is 2.29. The number of fused-ring (bicyclic) bond motifs is 1. The predicted octanol–water partition coefficient (Wildman–Crippen LogP) is 4.74. The maximum atomic E-state index is 15.0. The third-order valence-electron chi connectivity index (χ3n) is 7.69. The molecule has 0 atom stereocenters. The summed E-state index contributed by atoms with van der Waals surface area (Å²) in [6.07, 6.45) is -4.60. The van der Waals surface area contributed by atoms with Gasteiger partial charge in [-0.1, -0.05) is 12.1 Å². The number of ether oxygens (including phenoxy) is 1. The van der Waals surface area contributed by atoms with Gasteiger partial charge in [0.05, 0.1) is 16.1 Å². The van der Waals surface area contributed by atoms with Crippen molar-refractivity contribution in [1.82, 2.24) is 24.6 Å². The fourth-order valence-corrected chi connectivity index (χ4v) is 7.12. The molecule has 0 unspecified atom stereocenters. The second kappa shape index (κ2) is 14.8. The Hall–Kier alpha value is -4.66. The number of amides is 1. The number of rotatable bonds is 10. The summed E-state index contributed by atoms with van der Waals surface area (Å²) in [5, 5.41) is 10.2. The van der Waals surface area contributed by atoms with Crippen LogP contribution in [0.1, 0.15) is 39.2 Å². The normalized spacial score (nSPS) is 14.7. The highest BCUT2D eigenvalue weighted by atomic mass is 32.2. The molecule has 1 saturated heterocycles. The van der Waals surface area contributed by atoms with Crippen LogP contribution >= 0.6 is 0 Å². The first-order valence-electron chi connectivity index (χ1n) is 15.8. The van der Waals surface area contributed by atoms with E-state index < -0.39 is 61.2 Å². The first-order chi connectivity index (χ1) is 24.2. The minimum atomic E-state index is -4.62. The largest absolute Gasteiger partial charge is 0.444 e. The lowest BCUT2D eigenvalue weighted by Gasteiger charge is -2.33. The molecule has 2 aromatic heterocycles. The molecule has 4 aromatic rings. The quantitative estimate of drug-likeness (QED) is 0.163. The van der Waals surface area contributed by atoms with E-state index in [4.69, 9.17) is 9.88 Å². The van der Waals surface area contributed by atoms with E-state index in [0.29, 0.717) is 5.56 Å². The molecule has 0 aliphatic carbocycles. The summed E-state index contributed by atoms with van der Waals surface area (Å²) < 4.78 is 112. The number of pyridine rings is 1. The summed E-state index contributed by atoms with van der Waals surface area (Å²) in [5.74, 6) is -1.39. The van der Waals surface area contributed by atoms with E-state index in [-0.39, 0.29) is 71.4 Å². The number of halogens is 4. The van der Waals surface area contributed by atoms with Gasteiger partial charge in [0.15, 0.2) is 5.82 Å². The van der Waals surface area contributed by atoms with Crippen molar-refractivity contribution >= 4 is 48.9 Å². The van der Waals surface area contributed by atoms with Crippen LogP contribution in [0, 0.1) is 5.82 Å². The molecule has 2 aromatic carbocycles. The predicted molar refractivity (Wildman–Crippen MR) is 184 cm³/mol. The van der Waals surface area contributed by atoms with E-state index in [2.05, 4.69) is 30.3 Å². The topological polar surface area (TPSA) is 199 Å². The summed E-state index contributed by atoms with van der Waals surface area (Å²) in [6.45, 7) is 4.28. The maximum absolute atomic E-state index is 15.0. The zero-order valence-electron chi connectivity index (χ0n) is 28.2. The smallest absolute Gasteiger partial charge is 0.410 e. The average Bonchev–Trinajstić information content (AvgIpc) is 3.05. The van der Waals surface area contributed by atoms with Crippen molar-refractivity contribution in [3.63, 3.8) is 0 Å². The Bertz CT molecular complexity index is 2170. The van der Waals surface area contributed by atoms with E-state index >= 15 is 4.39 Å². The third-order valence-corrected chi connectivity index (χ3v) is 10.2. The minimum absolute atomic E-state index is 0.0691. The number of likely N-dealkylation sites (tertiary alicyclic amines) is 1. The molecule has 280 valence electrons. The molecular formula is C32H36F4N8O6S2. The Labute approximate surface area is 297 Å². The molecule has 1 aliphatic rings. The van der Waals surface area contributed by atoms with Crippen LogP contribution in [0.5, 0.6) is 0 Å². The Morgan fingerprint density at radius 2 is 1.62 bits per heavy atom. The molecule has 3 heterocycles. The van der Waals surface area contributed by atoms with Crippen molar-refractivity contribution in [2.45, 2.75) is 67.8 Å². The van der Waals surface area contributed by atoms with Crippen LogP contribution in [0.4, 0.5) is 34.1 Å². The van der Waals surface area contributed by atoms with E-state index in [1.165, 1.54) is 47.4 Å². The van der Waals surface area contributed by atoms with Crippen molar-refractivity contribution in [2.24, 2.45) is 5.14 Å². The lowest BCUT2D eigenvalue weighted by molar-refractivity contribution is -0.115. The SMILES string of the molecule is CC(C)(C)OC(=O)N1CCC(NS(=O)(=O)c2cc(-c3ccc4nc(NCc5ccc(S(N)(=O)=O)cc5)nc(NCC(F)(F)F)c4n3)ccc2F)CC1. The fraction of sp³-hybridized carbons (Fsp3) is 0.375. The lowest BCUT2D eigenvalue weighted by atomic mass is 10.1. The summed E-state index contributed by atoms with van der Waals surface area (Å²) in [6, 6.07) is 11.2. The number of alkyl halides is 3. The minimum Gasteiger partial charge on any atom is -0.444 e. The molecule has 5 N–H and O–H groups in total. The van der Waals surface area contributed by atoms with Gasteiger partial charge in [-0.15, -0.1) is 0 Å². The number of hydrogen-bond donors (Lipinski definition) is 4. The van der Waals surface area contributed by atoms with Gasteiger partial charge in [0.1, 0.15) is 28.4 Å².